The van der Waals surface area contributed by atoms with Gasteiger partial charge in [-0.1, -0.05) is 13.0 Å². The summed E-state index contributed by atoms with van der Waals surface area (Å²) in [6.45, 7) is 9.75. The van der Waals surface area contributed by atoms with Gasteiger partial charge in [-0.2, -0.15) is 0 Å². The molecular formula is C19H30N4. The molecule has 3 rings (SSSR count). The lowest BCUT2D eigenvalue weighted by Crippen LogP contribution is -2.44. The Bertz CT molecular complexity index is 626. The van der Waals surface area contributed by atoms with E-state index in [1.807, 2.05) is 0 Å². The summed E-state index contributed by atoms with van der Waals surface area (Å²) >= 11 is 0. The van der Waals surface area contributed by atoms with Gasteiger partial charge in [-0.05, 0) is 49.1 Å². The van der Waals surface area contributed by atoms with E-state index in [1.165, 1.54) is 35.1 Å². The van der Waals surface area contributed by atoms with Gasteiger partial charge in [-0.3, -0.25) is 0 Å². The molecule has 0 amide bonds. The van der Waals surface area contributed by atoms with Crippen LogP contribution in [-0.2, 0) is 19.4 Å². The van der Waals surface area contributed by atoms with Crippen LogP contribution >= 0.6 is 0 Å². The quantitative estimate of drug-likeness (QED) is 0.822. The Kier molecular flexibility index (Phi) is 5.70. The number of fused-ring (bicyclic) bond motifs is 1. The zero-order valence-corrected chi connectivity index (χ0v) is 14.4. The fourth-order valence-electron chi connectivity index (χ4n) is 3.50. The predicted octanol–water partition coefficient (Wildman–Crippen LogP) is 2.00. The van der Waals surface area contributed by atoms with Crippen LogP contribution in [0.1, 0.15) is 24.5 Å². The molecule has 1 aromatic heterocycles. The van der Waals surface area contributed by atoms with Gasteiger partial charge < -0.3 is 20.5 Å². The van der Waals surface area contributed by atoms with E-state index in [0.29, 0.717) is 0 Å². The number of aromatic nitrogens is 1. The number of rotatable bonds is 7. The van der Waals surface area contributed by atoms with Crippen molar-refractivity contribution in [1.82, 2.24) is 14.8 Å². The smallest absolute Gasteiger partial charge is 0.0483 e. The first-order chi connectivity index (χ1) is 11.3. The average molecular weight is 314 g/mol. The van der Waals surface area contributed by atoms with Gasteiger partial charge >= 0.3 is 0 Å². The van der Waals surface area contributed by atoms with Gasteiger partial charge in [0.1, 0.15) is 0 Å². The fourth-order valence-corrected chi connectivity index (χ4v) is 3.50. The Morgan fingerprint density at radius 3 is 2.74 bits per heavy atom. The first-order valence-electron chi connectivity index (χ1n) is 9.05. The van der Waals surface area contributed by atoms with Crippen molar-refractivity contribution in [2.24, 2.45) is 5.73 Å². The van der Waals surface area contributed by atoms with Crippen molar-refractivity contribution in [2.75, 3.05) is 39.3 Å². The molecule has 4 nitrogen and oxygen atoms in total. The topological polar surface area (TPSA) is 46.2 Å². The third-order valence-electron chi connectivity index (χ3n) is 4.95. The predicted molar refractivity (Wildman–Crippen MR) is 98.0 cm³/mol. The second-order valence-corrected chi connectivity index (χ2v) is 6.54. The van der Waals surface area contributed by atoms with E-state index >= 15 is 0 Å². The highest BCUT2D eigenvalue weighted by molar-refractivity contribution is 5.84. The lowest BCUT2D eigenvalue weighted by molar-refractivity contribution is 0.244. The standard InChI is InChI=1S/C19H30N4/c1-2-16-4-5-19-18(14-16)17(15-23(19)10-3-7-20)6-11-22-12-8-21-9-13-22/h4-5,14-15,21H,2-3,6-13,20H2,1H3. The van der Waals surface area contributed by atoms with E-state index in [4.69, 9.17) is 5.73 Å². The van der Waals surface area contributed by atoms with Crippen molar-refractivity contribution < 1.29 is 0 Å². The molecule has 0 aliphatic carbocycles. The van der Waals surface area contributed by atoms with Crippen LogP contribution in [-0.4, -0.2) is 48.7 Å². The minimum absolute atomic E-state index is 0.753. The number of nitrogens with two attached hydrogens (primary N) is 1. The van der Waals surface area contributed by atoms with Gasteiger partial charge in [0, 0.05) is 56.4 Å². The molecule has 1 aliphatic heterocycles. The second kappa shape index (κ2) is 7.95. The second-order valence-electron chi connectivity index (χ2n) is 6.54. The molecule has 4 heteroatoms. The first-order valence-corrected chi connectivity index (χ1v) is 9.05. The molecule has 0 atom stereocenters. The van der Waals surface area contributed by atoms with Crippen LogP contribution in [0.2, 0.25) is 0 Å². The Balaban J connectivity index is 1.81. The number of piperazine rings is 1. The maximum absolute atomic E-state index is 5.70. The van der Waals surface area contributed by atoms with Gasteiger partial charge in [-0.25, -0.2) is 0 Å². The molecule has 1 aromatic carbocycles. The van der Waals surface area contributed by atoms with Gasteiger partial charge in [-0.15, -0.1) is 0 Å². The van der Waals surface area contributed by atoms with Crippen LogP contribution in [0.5, 0.6) is 0 Å². The van der Waals surface area contributed by atoms with Crippen molar-refractivity contribution in [1.29, 1.82) is 0 Å². The molecule has 126 valence electrons. The molecular weight excluding hydrogens is 284 g/mol. The van der Waals surface area contributed by atoms with E-state index in [2.05, 4.69) is 46.1 Å². The van der Waals surface area contributed by atoms with Crippen molar-refractivity contribution in [2.45, 2.75) is 32.7 Å². The third-order valence-corrected chi connectivity index (χ3v) is 4.95. The Morgan fingerprint density at radius 2 is 2.00 bits per heavy atom. The van der Waals surface area contributed by atoms with Crippen molar-refractivity contribution in [3.8, 4) is 0 Å². The van der Waals surface area contributed by atoms with Crippen molar-refractivity contribution >= 4 is 10.9 Å². The number of nitrogens with zero attached hydrogens (tertiary/aromatic N) is 2. The molecule has 1 fully saturated rings. The highest BCUT2D eigenvalue weighted by atomic mass is 15.2. The summed E-state index contributed by atoms with van der Waals surface area (Å²) in [4.78, 5) is 2.57. The van der Waals surface area contributed by atoms with E-state index < -0.39 is 0 Å². The normalized spacial score (nSPS) is 16.3. The Morgan fingerprint density at radius 1 is 1.17 bits per heavy atom. The van der Waals surface area contributed by atoms with Crippen LogP contribution in [0, 0.1) is 0 Å². The summed E-state index contributed by atoms with van der Waals surface area (Å²) in [5.74, 6) is 0. The van der Waals surface area contributed by atoms with Crippen LogP contribution in [0.15, 0.2) is 24.4 Å². The number of nitrogens with one attached hydrogen (secondary N) is 1. The number of hydrogen-bond acceptors (Lipinski definition) is 3. The van der Waals surface area contributed by atoms with Crippen LogP contribution in [0.3, 0.4) is 0 Å². The van der Waals surface area contributed by atoms with E-state index in [0.717, 1.165) is 52.0 Å². The van der Waals surface area contributed by atoms with Crippen molar-refractivity contribution in [3.63, 3.8) is 0 Å². The molecule has 1 aliphatic rings. The minimum Gasteiger partial charge on any atom is -0.347 e. The maximum Gasteiger partial charge on any atom is 0.0483 e. The van der Waals surface area contributed by atoms with E-state index in [1.54, 1.807) is 0 Å². The van der Waals surface area contributed by atoms with Crippen LogP contribution in [0.25, 0.3) is 10.9 Å². The van der Waals surface area contributed by atoms with Gasteiger partial charge in [0.05, 0.1) is 0 Å². The third kappa shape index (κ3) is 3.94. The monoisotopic (exact) mass is 314 g/mol. The summed E-state index contributed by atoms with van der Waals surface area (Å²) < 4.78 is 2.40. The number of benzene rings is 1. The molecule has 2 heterocycles. The summed E-state index contributed by atoms with van der Waals surface area (Å²) in [6.07, 6.45) is 5.64. The average Bonchev–Trinajstić information content (AvgIpc) is 2.96. The zero-order valence-electron chi connectivity index (χ0n) is 14.4. The summed E-state index contributed by atoms with van der Waals surface area (Å²) in [5.41, 5.74) is 9.99. The van der Waals surface area contributed by atoms with Crippen LogP contribution in [0.4, 0.5) is 0 Å². The molecule has 0 unspecified atom stereocenters. The molecule has 0 saturated carbocycles. The van der Waals surface area contributed by atoms with E-state index in [9.17, 15) is 0 Å². The zero-order chi connectivity index (χ0) is 16.1. The fraction of sp³-hybridized carbons (Fsp3) is 0.579. The first kappa shape index (κ1) is 16.5. The summed E-state index contributed by atoms with van der Waals surface area (Å²) in [5, 5.41) is 4.87. The largest absolute Gasteiger partial charge is 0.347 e. The minimum atomic E-state index is 0.753. The lowest BCUT2D eigenvalue weighted by atomic mass is 10.1. The Hall–Kier alpha value is -1.36. The molecule has 2 aromatic rings. The van der Waals surface area contributed by atoms with Crippen molar-refractivity contribution in [3.05, 3.63) is 35.5 Å². The van der Waals surface area contributed by atoms with E-state index in [-0.39, 0.29) is 0 Å². The highest BCUT2D eigenvalue weighted by Gasteiger charge is 2.13. The molecule has 1 saturated heterocycles. The van der Waals surface area contributed by atoms with Gasteiger partial charge in [0.25, 0.3) is 0 Å². The molecule has 0 bridgehead atoms. The summed E-state index contributed by atoms with van der Waals surface area (Å²) in [6, 6.07) is 6.95. The number of hydrogen-bond donors (Lipinski definition) is 2. The van der Waals surface area contributed by atoms with Gasteiger partial charge in [0.15, 0.2) is 0 Å². The Labute approximate surface area is 139 Å². The summed E-state index contributed by atoms with van der Waals surface area (Å²) in [7, 11) is 0. The highest BCUT2D eigenvalue weighted by Crippen LogP contribution is 2.24. The number of aryl methyl sites for hydroxylation is 2. The molecule has 23 heavy (non-hydrogen) atoms. The lowest BCUT2D eigenvalue weighted by Gasteiger charge is -2.26. The SMILES string of the molecule is CCc1ccc2c(c1)c(CCN1CCNCC1)cn2CCCN. The molecule has 3 N–H and O–H groups in total. The van der Waals surface area contributed by atoms with Gasteiger partial charge in [0.2, 0.25) is 0 Å². The maximum atomic E-state index is 5.70. The van der Waals surface area contributed by atoms with Crippen LogP contribution < -0.4 is 11.1 Å². The molecule has 0 spiro atoms. The molecule has 0 radical (unpaired) electrons.